The second kappa shape index (κ2) is 9.97. The fourth-order valence-corrected chi connectivity index (χ4v) is 3.21. The molecule has 4 heteroatoms. The van der Waals surface area contributed by atoms with Crippen molar-refractivity contribution in [2.45, 2.75) is 32.8 Å². The summed E-state index contributed by atoms with van der Waals surface area (Å²) in [6.07, 6.45) is 6.99. The summed E-state index contributed by atoms with van der Waals surface area (Å²) < 4.78 is 43.4. The molecule has 0 aliphatic carbocycles. The molecule has 1 nitrogen and oxygen atoms in total. The van der Waals surface area contributed by atoms with Gasteiger partial charge in [0.05, 0.1) is 0 Å². The molecule has 0 bridgehead atoms. The van der Waals surface area contributed by atoms with E-state index in [-0.39, 0.29) is 11.6 Å². The van der Waals surface area contributed by atoms with E-state index in [0.717, 1.165) is 41.5 Å². The molecule has 0 atom stereocenters. The number of aryl methyl sites for hydroxylation is 1. The largest absolute Gasteiger partial charge is 0.435 e. The molecule has 0 radical (unpaired) electrons. The highest BCUT2D eigenvalue weighted by molar-refractivity contribution is 5.71. The Morgan fingerprint density at radius 3 is 2.07 bits per heavy atom. The first kappa shape index (κ1) is 20.7. The average Bonchev–Trinajstić information content (AvgIpc) is 2.72. The summed E-state index contributed by atoms with van der Waals surface area (Å²) >= 11 is 0. The van der Waals surface area contributed by atoms with Crippen LogP contribution in [0.2, 0.25) is 0 Å². The van der Waals surface area contributed by atoms with Gasteiger partial charge >= 0.3 is 6.61 Å². The van der Waals surface area contributed by atoms with Crippen molar-refractivity contribution in [1.82, 2.24) is 0 Å². The van der Waals surface area contributed by atoms with Crippen molar-refractivity contribution in [3.63, 3.8) is 0 Å². The van der Waals surface area contributed by atoms with Gasteiger partial charge in [0.2, 0.25) is 0 Å². The Morgan fingerprint density at radius 1 is 0.862 bits per heavy atom. The Labute approximate surface area is 169 Å². The summed E-state index contributed by atoms with van der Waals surface area (Å²) in [5.41, 5.74) is 4.14. The lowest BCUT2D eigenvalue weighted by Gasteiger charge is -2.09. The molecule has 0 spiro atoms. The van der Waals surface area contributed by atoms with Gasteiger partial charge in [-0.15, -0.1) is 0 Å². The minimum atomic E-state index is -2.84. The van der Waals surface area contributed by atoms with Crippen LogP contribution in [0.25, 0.3) is 22.3 Å². The van der Waals surface area contributed by atoms with E-state index in [0.29, 0.717) is 5.56 Å². The molecule has 0 N–H and O–H groups in total. The number of alkyl halides is 2. The zero-order valence-electron chi connectivity index (χ0n) is 16.2. The molecule has 0 heterocycles. The standard InChI is InChI=1S/C25H23F3O/c1-2-3-4-5-6-18-7-16-23(24(26)17-18)21-10-8-19(9-11-21)20-12-14-22(15-13-20)29-25(27)28/h2-3,7-17,25H,4-6H2,1H3/b3-2+. The number of hydrogen-bond acceptors (Lipinski definition) is 1. The van der Waals surface area contributed by atoms with Crippen molar-refractivity contribution in [3.8, 4) is 28.0 Å². The van der Waals surface area contributed by atoms with Crippen LogP contribution in [0.15, 0.2) is 78.9 Å². The van der Waals surface area contributed by atoms with Crippen LogP contribution in [0.1, 0.15) is 25.3 Å². The molecule has 0 aliphatic heterocycles. The predicted octanol–water partition coefficient (Wildman–Crippen LogP) is 7.66. The number of rotatable bonds is 8. The number of allylic oxidation sites excluding steroid dienone is 2. The van der Waals surface area contributed by atoms with Crippen LogP contribution in [0.3, 0.4) is 0 Å². The van der Waals surface area contributed by atoms with Crippen molar-refractivity contribution in [3.05, 3.63) is 90.3 Å². The molecule has 150 valence electrons. The molecule has 0 fully saturated rings. The highest BCUT2D eigenvalue weighted by Gasteiger charge is 2.08. The molecular formula is C25H23F3O. The number of hydrogen-bond donors (Lipinski definition) is 0. The fraction of sp³-hybridized carbons (Fsp3) is 0.200. The molecule has 3 aromatic carbocycles. The van der Waals surface area contributed by atoms with Crippen molar-refractivity contribution >= 4 is 0 Å². The SMILES string of the molecule is C/C=C/CCCc1ccc(-c2ccc(-c3ccc(OC(F)F)cc3)cc2)c(F)c1. The molecule has 0 saturated carbocycles. The van der Waals surface area contributed by atoms with Crippen molar-refractivity contribution in [1.29, 1.82) is 0 Å². The molecule has 0 aromatic heterocycles. The van der Waals surface area contributed by atoms with Crippen LogP contribution in [-0.2, 0) is 6.42 Å². The third-order valence-electron chi connectivity index (χ3n) is 4.71. The van der Waals surface area contributed by atoms with Crippen LogP contribution in [-0.4, -0.2) is 6.61 Å². The van der Waals surface area contributed by atoms with Gasteiger partial charge in [0, 0.05) is 5.56 Å². The predicted molar refractivity (Wildman–Crippen MR) is 112 cm³/mol. The van der Waals surface area contributed by atoms with Crippen LogP contribution < -0.4 is 4.74 Å². The van der Waals surface area contributed by atoms with Crippen molar-refractivity contribution < 1.29 is 17.9 Å². The molecular weight excluding hydrogens is 373 g/mol. The topological polar surface area (TPSA) is 9.23 Å². The lowest BCUT2D eigenvalue weighted by atomic mass is 9.98. The zero-order chi connectivity index (χ0) is 20.6. The second-order valence-corrected chi connectivity index (χ2v) is 6.76. The first-order valence-electron chi connectivity index (χ1n) is 9.62. The summed E-state index contributed by atoms with van der Waals surface area (Å²) in [5.74, 6) is -0.108. The number of unbranched alkanes of at least 4 members (excludes halogenated alkanes) is 1. The Kier molecular flexibility index (Phi) is 7.12. The monoisotopic (exact) mass is 396 g/mol. The number of benzene rings is 3. The van der Waals surface area contributed by atoms with Gasteiger partial charge in [-0.3, -0.25) is 0 Å². The Bertz CT molecular complexity index is 945. The summed E-state index contributed by atoms with van der Waals surface area (Å²) in [6, 6.07) is 19.4. The van der Waals surface area contributed by atoms with Crippen LogP contribution in [0, 0.1) is 5.82 Å². The van der Waals surface area contributed by atoms with Gasteiger partial charge in [-0.2, -0.15) is 8.78 Å². The van der Waals surface area contributed by atoms with E-state index in [1.807, 2.05) is 49.4 Å². The van der Waals surface area contributed by atoms with Gasteiger partial charge < -0.3 is 4.74 Å². The van der Waals surface area contributed by atoms with Gasteiger partial charge in [-0.25, -0.2) is 4.39 Å². The molecule has 29 heavy (non-hydrogen) atoms. The second-order valence-electron chi connectivity index (χ2n) is 6.76. The quantitative estimate of drug-likeness (QED) is 0.280. The molecule has 3 rings (SSSR count). The highest BCUT2D eigenvalue weighted by atomic mass is 19.3. The maximum absolute atomic E-state index is 14.6. The van der Waals surface area contributed by atoms with Crippen LogP contribution >= 0.6 is 0 Å². The summed E-state index contributed by atoms with van der Waals surface area (Å²) in [5, 5.41) is 0. The maximum atomic E-state index is 14.6. The summed E-state index contributed by atoms with van der Waals surface area (Å²) in [6.45, 7) is -0.842. The number of ether oxygens (including phenoxy) is 1. The van der Waals surface area contributed by atoms with Gasteiger partial charge in [-0.05, 0) is 66.6 Å². The van der Waals surface area contributed by atoms with E-state index in [4.69, 9.17) is 0 Å². The maximum Gasteiger partial charge on any atom is 0.387 e. The van der Waals surface area contributed by atoms with E-state index < -0.39 is 6.61 Å². The molecule has 3 aromatic rings. The lowest BCUT2D eigenvalue weighted by Crippen LogP contribution is -2.01. The third kappa shape index (κ3) is 5.74. The molecule has 0 saturated heterocycles. The van der Waals surface area contributed by atoms with E-state index in [2.05, 4.69) is 10.8 Å². The number of halogens is 3. The Hall–Kier alpha value is -3.01. The van der Waals surface area contributed by atoms with Crippen LogP contribution in [0.5, 0.6) is 5.75 Å². The average molecular weight is 396 g/mol. The minimum absolute atomic E-state index is 0.119. The van der Waals surface area contributed by atoms with Gasteiger partial charge in [0.25, 0.3) is 0 Å². The smallest absolute Gasteiger partial charge is 0.387 e. The minimum Gasteiger partial charge on any atom is -0.435 e. The zero-order valence-corrected chi connectivity index (χ0v) is 16.2. The molecule has 0 aliphatic rings. The first-order valence-corrected chi connectivity index (χ1v) is 9.62. The fourth-order valence-electron chi connectivity index (χ4n) is 3.21. The van der Waals surface area contributed by atoms with E-state index in [9.17, 15) is 13.2 Å². The van der Waals surface area contributed by atoms with E-state index >= 15 is 0 Å². The van der Waals surface area contributed by atoms with Crippen LogP contribution in [0.4, 0.5) is 13.2 Å². The van der Waals surface area contributed by atoms with Crippen molar-refractivity contribution in [2.24, 2.45) is 0 Å². The van der Waals surface area contributed by atoms with Gasteiger partial charge in [-0.1, -0.05) is 60.7 Å². The molecule has 0 amide bonds. The normalized spacial score (nSPS) is 11.3. The van der Waals surface area contributed by atoms with Gasteiger partial charge in [0.15, 0.2) is 0 Å². The Morgan fingerprint density at radius 2 is 1.48 bits per heavy atom. The first-order chi connectivity index (χ1) is 14.1. The Balaban J connectivity index is 1.71. The summed E-state index contributed by atoms with van der Waals surface area (Å²) in [7, 11) is 0. The lowest BCUT2D eigenvalue weighted by molar-refractivity contribution is -0.0498. The molecule has 0 unspecified atom stereocenters. The third-order valence-corrected chi connectivity index (χ3v) is 4.71. The van der Waals surface area contributed by atoms with Crippen molar-refractivity contribution in [2.75, 3.05) is 0 Å². The van der Waals surface area contributed by atoms with E-state index in [1.54, 1.807) is 18.2 Å². The summed E-state index contributed by atoms with van der Waals surface area (Å²) in [4.78, 5) is 0. The van der Waals surface area contributed by atoms with Gasteiger partial charge in [0.1, 0.15) is 11.6 Å². The van der Waals surface area contributed by atoms with E-state index in [1.165, 1.54) is 12.1 Å². The highest BCUT2D eigenvalue weighted by Crippen LogP contribution is 2.28.